The standard InChI is InChI=1S/C19H26N4/c1-16-3-5-17(6-4-16)21-11-7-18(8-12-21)22-9-2-10-23-15-20-13-19(23)14-22/h3-6,13,15,18H,2,7-12,14H2,1H3. The monoisotopic (exact) mass is 310 g/mol. The minimum Gasteiger partial charge on any atom is -0.371 e. The Morgan fingerprint density at radius 3 is 2.57 bits per heavy atom. The normalized spacial score (nSPS) is 20.3. The van der Waals surface area contributed by atoms with Crippen molar-refractivity contribution in [3.05, 3.63) is 48.0 Å². The van der Waals surface area contributed by atoms with Gasteiger partial charge in [0.05, 0.1) is 12.0 Å². The molecule has 2 aliphatic heterocycles. The van der Waals surface area contributed by atoms with Crippen molar-refractivity contribution in [2.45, 2.75) is 45.3 Å². The number of nitrogens with zero attached hydrogens (tertiary/aromatic N) is 4. The van der Waals surface area contributed by atoms with Crippen molar-refractivity contribution in [3.63, 3.8) is 0 Å². The highest BCUT2D eigenvalue weighted by Crippen LogP contribution is 2.25. The van der Waals surface area contributed by atoms with Gasteiger partial charge in [0.15, 0.2) is 0 Å². The van der Waals surface area contributed by atoms with Crippen LogP contribution in [0.4, 0.5) is 5.69 Å². The molecular formula is C19H26N4. The molecule has 23 heavy (non-hydrogen) atoms. The predicted octanol–water partition coefficient (Wildman–Crippen LogP) is 3.07. The van der Waals surface area contributed by atoms with Crippen LogP contribution in [-0.4, -0.2) is 40.1 Å². The number of imidazole rings is 1. The van der Waals surface area contributed by atoms with E-state index in [0.717, 1.165) is 19.1 Å². The number of rotatable bonds is 2. The molecule has 1 saturated heterocycles. The molecule has 3 heterocycles. The molecule has 0 unspecified atom stereocenters. The summed E-state index contributed by atoms with van der Waals surface area (Å²) in [6, 6.07) is 9.69. The molecule has 0 bridgehead atoms. The van der Waals surface area contributed by atoms with E-state index in [1.165, 1.54) is 55.8 Å². The molecule has 1 aromatic carbocycles. The molecule has 4 rings (SSSR count). The Bertz CT molecular complexity index is 638. The molecule has 4 nitrogen and oxygen atoms in total. The van der Waals surface area contributed by atoms with Crippen LogP contribution in [0.5, 0.6) is 0 Å². The van der Waals surface area contributed by atoms with Crippen LogP contribution in [0.2, 0.25) is 0 Å². The van der Waals surface area contributed by atoms with Gasteiger partial charge in [-0.05, 0) is 38.3 Å². The number of piperidine rings is 1. The molecule has 2 aromatic rings. The number of hydrogen-bond acceptors (Lipinski definition) is 3. The van der Waals surface area contributed by atoms with Crippen LogP contribution in [0.15, 0.2) is 36.8 Å². The van der Waals surface area contributed by atoms with E-state index in [0.29, 0.717) is 0 Å². The fraction of sp³-hybridized carbons (Fsp3) is 0.526. The highest BCUT2D eigenvalue weighted by Gasteiger charge is 2.26. The van der Waals surface area contributed by atoms with Crippen molar-refractivity contribution in [3.8, 4) is 0 Å². The van der Waals surface area contributed by atoms with Crippen LogP contribution < -0.4 is 4.90 Å². The molecule has 0 spiro atoms. The third-order valence-electron chi connectivity index (χ3n) is 5.39. The quantitative estimate of drug-likeness (QED) is 0.852. The molecular weight excluding hydrogens is 284 g/mol. The van der Waals surface area contributed by atoms with Crippen LogP contribution >= 0.6 is 0 Å². The first kappa shape index (κ1) is 14.8. The van der Waals surface area contributed by atoms with Gasteiger partial charge in [0.2, 0.25) is 0 Å². The molecule has 0 amide bonds. The summed E-state index contributed by atoms with van der Waals surface area (Å²) in [7, 11) is 0. The van der Waals surface area contributed by atoms with Gasteiger partial charge < -0.3 is 9.47 Å². The van der Waals surface area contributed by atoms with Crippen molar-refractivity contribution in [1.82, 2.24) is 14.5 Å². The maximum Gasteiger partial charge on any atom is 0.0948 e. The lowest BCUT2D eigenvalue weighted by Crippen LogP contribution is -2.44. The second-order valence-corrected chi connectivity index (χ2v) is 6.96. The summed E-state index contributed by atoms with van der Waals surface area (Å²) in [5.41, 5.74) is 4.09. The predicted molar refractivity (Wildman–Crippen MR) is 93.7 cm³/mol. The largest absolute Gasteiger partial charge is 0.371 e. The molecule has 2 aliphatic rings. The van der Waals surface area contributed by atoms with E-state index >= 15 is 0 Å². The first-order valence-electron chi connectivity index (χ1n) is 8.84. The van der Waals surface area contributed by atoms with Gasteiger partial charge >= 0.3 is 0 Å². The summed E-state index contributed by atoms with van der Waals surface area (Å²) in [5.74, 6) is 0. The second-order valence-electron chi connectivity index (χ2n) is 6.96. The van der Waals surface area contributed by atoms with E-state index in [2.05, 4.69) is 50.5 Å². The Balaban J connectivity index is 1.39. The zero-order chi connectivity index (χ0) is 15.6. The van der Waals surface area contributed by atoms with Gasteiger partial charge in [0.25, 0.3) is 0 Å². The SMILES string of the molecule is Cc1ccc(N2CCC(N3CCCn4cncc4C3)CC2)cc1. The van der Waals surface area contributed by atoms with Crippen molar-refractivity contribution in [2.24, 2.45) is 0 Å². The lowest BCUT2D eigenvalue weighted by atomic mass is 10.0. The third kappa shape index (κ3) is 3.13. The molecule has 0 aliphatic carbocycles. The van der Waals surface area contributed by atoms with Crippen molar-refractivity contribution >= 4 is 5.69 Å². The average molecular weight is 310 g/mol. The Morgan fingerprint density at radius 1 is 1.00 bits per heavy atom. The molecule has 122 valence electrons. The van der Waals surface area contributed by atoms with Crippen LogP contribution in [0.1, 0.15) is 30.5 Å². The molecule has 1 fully saturated rings. The Labute approximate surface area is 138 Å². The van der Waals surface area contributed by atoms with E-state index in [1.807, 2.05) is 12.5 Å². The number of aryl methyl sites for hydroxylation is 2. The van der Waals surface area contributed by atoms with Crippen molar-refractivity contribution < 1.29 is 0 Å². The molecule has 4 heteroatoms. The highest BCUT2D eigenvalue weighted by molar-refractivity contribution is 5.47. The van der Waals surface area contributed by atoms with Gasteiger partial charge in [-0.1, -0.05) is 17.7 Å². The molecule has 0 saturated carbocycles. The van der Waals surface area contributed by atoms with Crippen molar-refractivity contribution in [2.75, 3.05) is 24.5 Å². The Hall–Kier alpha value is -1.81. The average Bonchev–Trinajstić information content (AvgIpc) is 2.93. The lowest BCUT2D eigenvalue weighted by Gasteiger charge is -2.39. The zero-order valence-corrected chi connectivity index (χ0v) is 14.0. The van der Waals surface area contributed by atoms with Crippen LogP contribution in [-0.2, 0) is 13.1 Å². The van der Waals surface area contributed by atoms with Gasteiger partial charge in [-0.25, -0.2) is 4.98 Å². The molecule has 1 aromatic heterocycles. The van der Waals surface area contributed by atoms with Crippen LogP contribution in [0, 0.1) is 6.92 Å². The van der Waals surface area contributed by atoms with Gasteiger partial charge in [-0.2, -0.15) is 0 Å². The molecule has 0 N–H and O–H groups in total. The minimum atomic E-state index is 0.721. The maximum atomic E-state index is 4.31. The third-order valence-corrected chi connectivity index (χ3v) is 5.39. The van der Waals surface area contributed by atoms with Crippen molar-refractivity contribution in [1.29, 1.82) is 0 Å². The van der Waals surface area contributed by atoms with Gasteiger partial charge in [-0.15, -0.1) is 0 Å². The summed E-state index contributed by atoms with van der Waals surface area (Å²) in [6.07, 6.45) is 7.80. The minimum absolute atomic E-state index is 0.721. The first-order chi connectivity index (χ1) is 11.3. The second kappa shape index (κ2) is 6.36. The van der Waals surface area contributed by atoms with Gasteiger partial charge in [0, 0.05) is 50.6 Å². The van der Waals surface area contributed by atoms with E-state index in [9.17, 15) is 0 Å². The number of benzene rings is 1. The highest BCUT2D eigenvalue weighted by atomic mass is 15.2. The number of hydrogen-bond donors (Lipinski definition) is 0. The zero-order valence-electron chi connectivity index (χ0n) is 14.0. The summed E-state index contributed by atoms with van der Waals surface area (Å²) >= 11 is 0. The summed E-state index contributed by atoms with van der Waals surface area (Å²) < 4.78 is 2.32. The van der Waals surface area contributed by atoms with Crippen LogP contribution in [0.25, 0.3) is 0 Å². The Morgan fingerprint density at radius 2 is 1.78 bits per heavy atom. The fourth-order valence-corrected chi connectivity index (χ4v) is 3.97. The first-order valence-corrected chi connectivity index (χ1v) is 8.84. The summed E-state index contributed by atoms with van der Waals surface area (Å²) in [5, 5.41) is 0. The van der Waals surface area contributed by atoms with Gasteiger partial charge in [0.1, 0.15) is 0 Å². The van der Waals surface area contributed by atoms with E-state index in [-0.39, 0.29) is 0 Å². The Kier molecular flexibility index (Phi) is 4.08. The molecule has 0 atom stereocenters. The van der Waals surface area contributed by atoms with E-state index in [1.54, 1.807) is 0 Å². The number of fused-ring (bicyclic) bond motifs is 1. The van der Waals surface area contributed by atoms with E-state index < -0.39 is 0 Å². The van der Waals surface area contributed by atoms with E-state index in [4.69, 9.17) is 0 Å². The summed E-state index contributed by atoms with van der Waals surface area (Å²) in [4.78, 5) is 9.54. The molecule has 0 radical (unpaired) electrons. The number of aromatic nitrogens is 2. The number of anilines is 1. The summed E-state index contributed by atoms with van der Waals surface area (Å²) in [6.45, 7) is 7.90. The topological polar surface area (TPSA) is 24.3 Å². The maximum absolute atomic E-state index is 4.31. The van der Waals surface area contributed by atoms with Gasteiger partial charge in [-0.3, -0.25) is 4.90 Å². The van der Waals surface area contributed by atoms with Crippen LogP contribution in [0.3, 0.4) is 0 Å². The fourth-order valence-electron chi connectivity index (χ4n) is 3.97. The lowest BCUT2D eigenvalue weighted by molar-refractivity contribution is 0.163. The smallest absolute Gasteiger partial charge is 0.0948 e.